The normalized spacial score (nSPS) is 9.68. The molecule has 0 saturated carbocycles. The van der Waals surface area contributed by atoms with Gasteiger partial charge in [0.15, 0.2) is 0 Å². The Kier molecular flexibility index (Phi) is 5.05. The molecule has 0 saturated heterocycles. The minimum Gasteiger partial charge on any atom is -0.495 e. The van der Waals surface area contributed by atoms with E-state index in [1.54, 1.807) is 7.11 Å². The van der Waals surface area contributed by atoms with Crippen LogP contribution in [0.15, 0.2) is 42.5 Å². The second-order valence-electron chi connectivity index (χ2n) is 4.83. The Labute approximate surface area is 130 Å². The maximum atomic E-state index is 12.1. The number of terminal acetylenes is 1. The summed E-state index contributed by atoms with van der Waals surface area (Å²) < 4.78 is 5.24. The summed E-state index contributed by atoms with van der Waals surface area (Å²) in [7, 11) is 1.57. The molecule has 0 bridgehead atoms. The predicted molar refractivity (Wildman–Crippen MR) is 89.2 cm³/mol. The molecule has 0 unspecified atom stereocenters. The molecule has 0 fully saturated rings. The van der Waals surface area contributed by atoms with Crippen LogP contribution >= 0.6 is 0 Å². The van der Waals surface area contributed by atoms with Gasteiger partial charge in [0.2, 0.25) is 5.91 Å². The lowest BCUT2D eigenvalue weighted by molar-refractivity contribution is -0.114. The van der Waals surface area contributed by atoms with E-state index in [-0.39, 0.29) is 12.5 Å². The fourth-order valence-electron chi connectivity index (χ4n) is 2.02. The van der Waals surface area contributed by atoms with Crippen LogP contribution in [0.3, 0.4) is 0 Å². The molecule has 2 aromatic rings. The first kappa shape index (κ1) is 15.5. The fraction of sp³-hybridized carbons (Fsp3) is 0.167. The highest BCUT2D eigenvalue weighted by Gasteiger charge is 2.07. The molecule has 112 valence electrons. The third-order valence-electron chi connectivity index (χ3n) is 3.11. The van der Waals surface area contributed by atoms with Gasteiger partial charge in [-0.1, -0.05) is 18.1 Å². The average molecular weight is 294 g/mol. The van der Waals surface area contributed by atoms with Crippen LogP contribution in [0.2, 0.25) is 0 Å². The molecule has 0 aliphatic rings. The van der Waals surface area contributed by atoms with Gasteiger partial charge in [-0.15, -0.1) is 6.42 Å². The number of rotatable bonds is 5. The summed E-state index contributed by atoms with van der Waals surface area (Å²) in [6.45, 7) is 2.10. The van der Waals surface area contributed by atoms with E-state index >= 15 is 0 Å². The van der Waals surface area contributed by atoms with Crippen LogP contribution in [0.4, 0.5) is 11.4 Å². The number of hydrogen-bond donors (Lipinski definition) is 2. The van der Waals surface area contributed by atoms with Gasteiger partial charge in [0.25, 0.3) is 0 Å². The van der Waals surface area contributed by atoms with Gasteiger partial charge in [0, 0.05) is 11.3 Å². The summed E-state index contributed by atoms with van der Waals surface area (Å²) in [4.78, 5) is 12.1. The molecule has 0 aliphatic carbocycles. The Hall–Kier alpha value is -2.93. The molecule has 0 radical (unpaired) electrons. The van der Waals surface area contributed by atoms with Gasteiger partial charge in [-0.3, -0.25) is 4.79 Å². The largest absolute Gasteiger partial charge is 0.495 e. The second-order valence-corrected chi connectivity index (χ2v) is 4.83. The lowest BCUT2D eigenvalue weighted by Gasteiger charge is -2.12. The zero-order valence-corrected chi connectivity index (χ0v) is 12.6. The number of amides is 1. The van der Waals surface area contributed by atoms with Crippen LogP contribution in [0.5, 0.6) is 5.75 Å². The van der Waals surface area contributed by atoms with E-state index in [1.807, 2.05) is 49.4 Å². The SMILES string of the molecule is C#Cc1cccc(NCC(=O)Nc2cc(C)ccc2OC)c1. The zero-order valence-electron chi connectivity index (χ0n) is 12.6. The average Bonchev–Trinajstić information content (AvgIpc) is 2.53. The van der Waals surface area contributed by atoms with Crippen LogP contribution in [-0.4, -0.2) is 19.6 Å². The van der Waals surface area contributed by atoms with E-state index in [0.717, 1.165) is 16.8 Å². The lowest BCUT2D eigenvalue weighted by atomic mass is 10.2. The Morgan fingerprint density at radius 3 is 2.82 bits per heavy atom. The standard InChI is InChI=1S/C18H18N2O2/c1-4-14-6-5-7-15(11-14)19-12-18(21)20-16-10-13(2)8-9-17(16)22-3/h1,5-11,19H,12H2,2-3H3,(H,20,21). The molecular formula is C18H18N2O2. The van der Waals surface area contributed by atoms with Crippen LogP contribution in [0.25, 0.3) is 0 Å². The number of anilines is 2. The molecular weight excluding hydrogens is 276 g/mol. The highest BCUT2D eigenvalue weighted by Crippen LogP contribution is 2.25. The molecule has 0 atom stereocenters. The molecule has 22 heavy (non-hydrogen) atoms. The Bertz CT molecular complexity index is 717. The smallest absolute Gasteiger partial charge is 0.243 e. The van der Waals surface area contributed by atoms with Crippen molar-refractivity contribution in [3.63, 3.8) is 0 Å². The van der Waals surface area contributed by atoms with Gasteiger partial charge in [0.05, 0.1) is 19.3 Å². The quantitative estimate of drug-likeness (QED) is 0.833. The van der Waals surface area contributed by atoms with Crippen molar-refractivity contribution in [1.82, 2.24) is 0 Å². The molecule has 0 aliphatic heterocycles. The van der Waals surface area contributed by atoms with E-state index in [0.29, 0.717) is 11.4 Å². The monoisotopic (exact) mass is 294 g/mol. The van der Waals surface area contributed by atoms with Crippen LogP contribution in [-0.2, 0) is 4.79 Å². The molecule has 0 aromatic heterocycles. The van der Waals surface area contributed by atoms with Gasteiger partial charge in [-0.05, 0) is 42.8 Å². The lowest BCUT2D eigenvalue weighted by Crippen LogP contribution is -2.22. The number of methoxy groups -OCH3 is 1. The minimum atomic E-state index is -0.157. The summed E-state index contributed by atoms with van der Waals surface area (Å²) in [5.74, 6) is 3.03. The van der Waals surface area contributed by atoms with Crippen molar-refractivity contribution in [2.24, 2.45) is 0 Å². The van der Waals surface area contributed by atoms with E-state index in [9.17, 15) is 4.79 Å². The third kappa shape index (κ3) is 4.03. The first-order valence-corrected chi connectivity index (χ1v) is 6.87. The molecule has 2 N–H and O–H groups in total. The summed E-state index contributed by atoms with van der Waals surface area (Å²) in [5.41, 5.74) is 3.28. The molecule has 4 nitrogen and oxygen atoms in total. The van der Waals surface area contributed by atoms with Crippen molar-refractivity contribution in [1.29, 1.82) is 0 Å². The first-order valence-electron chi connectivity index (χ1n) is 6.87. The summed E-state index contributed by atoms with van der Waals surface area (Å²) in [6, 6.07) is 13.0. The van der Waals surface area contributed by atoms with E-state index in [4.69, 9.17) is 11.2 Å². The van der Waals surface area contributed by atoms with Crippen molar-refractivity contribution in [3.8, 4) is 18.1 Å². The number of carbonyl (C=O) groups excluding carboxylic acids is 1. The van der Waals surface area contributed by atoms with Gasteiger partial charge < -0.3 is 15.4 Å². The number of nitrogens with one attached hydrogen (secondary N) is 2. The molecule has 1 amide bonds. The molecule has 2 rings (SSSR count). The van der Waals surface area contributed by atoms with Crippen LogP contribution in [0, 0.1) is 19.3 Å². The highest BCUT2D eigenvalue weighted by molar-refractivity contribution is 5.95. The van der Waals surface area contributed by atoms with Gasteiger partial charge in [0.1, 0.15) is 5.75 Å². The summed E-state index contributed by atoms with van der Waals surface area (Å²) in [5, 5.41) is 5.88. The predicted octanol–water partition coefficient (Wildman–Crippen LogP) is 3.04. The summed E-state index contributed by atoms with van der Waals surface area (Å²) >= 11 is 0. The number of benzene rings is 2. The topological polar surface area (TPSA) is 50.4 Å². The van der Waals surface area contributed by atoms with Crippen molar-refractivity contribution in [3.05, 3.63) is 53.6 Å². The number of hydrogen-bond acceptors (Lipinski definition) is 3. The van der Waals surface area contributed by atoms with Gasteiger partial charge >= 0.3 is 0 Å². The minimum absolute atomic E-state index is 0.144. The fourth-order valence-corrected chi connectivity index (χ4v) is 2.02. The molecule has 0 spiro atoms. The first-order chi connectivity index (χ1) is 10.6. The van der Waals surface area contributed by atoms with Crippen molar-refractivity contribution in [2.75, 3.05) is 24.3 Å². The van der Waals surface area contributed by atoms with E-state index in [1.165, 1.54) is 0 Å². The Morgan fingerprint density at radius 2 is 2.09 bits per heavy atom. The van der Waals surface area contributed by atoms with E-state index < -0.39 is 0 Å². The number of ether oxygens (including phenoxy) is 1. The summed E-state index contributed by atoms with van der Waals surface area (Å²) in [6.07, 6.45) is 5.35. The van der Waals surface area contributed by atoms with Gasteiger partial charge in [-0.25, -0.2) is 0 Å². The van der Waals surface area contributed by atoms with Gasteiger partial charge in [-0.2, -0.15) is 0 Å². The second kappa shape index (κ2) is 7.19. The molecule has 4 heteroatoms. The third-order valence-corrected chi connectivity index (χ3v) is 3.11. The van der Waals surface area contributed by atoms with Crippen LogP contribution in [0.1, 0.15) is 11.1 Å². The van der Waals surface area contributed by atoms with Crippen LogP contribution < -0.4 is 15.4 Å². The van der Waals surface area contributed by atoms with Crippen molar-refractivity contribution < 1.29 is 9.53 Å². The zero-order chi connectivity index (χ0) is 15.9. The molecule has 2 aromatic carbocycles. The number of carbonyl (C=O) groups is 1. The number of aryl methyl sites for hydroxylation is 1. The molecule has 0 heterocycles. The Morgan fingerprint density at radius 1 is 1.27 bits per heavy atom. The van der Waals surface area contributed by atoms with Crippen molar-refractivity contribution in [2.45, 2.75) is 6.92 Å². The Balaban J connectivity index is 1.99. The van der Waals surface area contributed by atoms with Crippen molar-refractivity contribution >= 4 is 17.3 Å². The van der Waals surface area contributed by atoms with E-state index in [2.05, 4.69) is 16.6 Å². The highest BCUT2D eigenvalue weighted by atomic mass is 16.5. The maximum absolute atomic E-state index is 12.1. The maximum Gasteiger partial charge on any atom is 0.243 e.